The van der Waals surface area contributed by atoms with E-state index in [1.165, 1.54) is 4.80 Å². The van der Waals surface area contributed by atoms with Gasteiger partial charge in [-0.3, -0.25) is 0 Å². The number of aromatic nitrogens is 3. The number of phenolic OH excluding ortho intramolecular Hbond substituents is 1. The van der Waals surface area contributed by atoms with Crippen molar-refractivity contribution in [3.8, 4) is 11.4 Å². The summed E-state index contributed by atoms with van der Waals surface area (Å²) < 4.78 is 5.12. The third kappa shape index (κ3) is 2.93. The first kappa shape index (κ1) is 14.5. The molecule has 22 heavy (non-hydrogen) atoms. The molecule has 1 aromatic heterocycles. The normalized spacial score (nSPS) is 12.6. The molecule has 0 spiro atoms. The van der Waals surface area contributed by atoms with Gasteiger partial charge in [0.2, 0.25) is 0 Å². The molecule has 1 atom stereocenters. The molecule has 2 N–H and O–H groups in total. The number of benzene rings is 2. The van der Waals surface area contributed by atoms with Gasteiger partial charge < -0.3 is 14.9 Å². The lowest BCUT2D eigenvalue weighted by Crippen LogP contribution is -2.15. The van der Waals surface area contributed by atoms with E-state index in [0.717, 1.165) is 16.6 Å². The van der Waals surface area contributed by atoms with E-state index in [4.69, 9.17) is 4.74 Å². The van der Waals surface area contributed by atoms with Gasteiger partial charge in [-0.25, -0.2) is 0 Å². The van der Waals surface area contributed by atoms with E-state index in [9.17, 15) is 10.2 Å². The van der Waals surface area contributed by atoms with E-state index < -0.39 is 6.29 Å². The molecule has 0 radical (unpaired) electrons. The number of phenols is 1. The fraction of sp³-hybridized carbons (Fsp3) is 0.250. The van der Waals surface area contributed by atoms with E-state index in [0.29, 0.717) is 18.7 Å². The summed E-state index contributed by atoms with van der Waals surface area (Å²) in [5.74, 6) is 0.0787. The summed E-state index contributed by atoms with van der Waals surface area (Å²) in [7, 11) is 0. The van der Waals surface area contributed by atoms with Gasteiger partial charge in [0.1, 0.15) is 22.5 Å². The Morgan fingerprint density at radius 2 is 1.82 bits per heavy atom. The van der Waals surface area contributed by atoms with Crippen molar-refractivity contribution < 1.29 is 14.9 Å². The highest BCUT2D eigenvalue weighted by Crippen LogP contribution is 2.23. The highest BCUT2D eigenvalue weighted by molar-refractivity contribution is 5.73. The van der Waals surface area contributed by atoms with Gasteiger partial charge in [0.05, 0.1) is 0 Å². The zero-order valence-corrected chi connectivity index (χ0v) is 12.2. The summed E-state index contributed by atoms with van der Waals surface area (Å²) in [6.45, 7) is 2.27. The van der Waals surface area contributed by atoms with Crippen LogP contribution in [0.3, 0.4) is 0 Å². The molecule has 0 aliphatic carbocycles. The predicted octanol–water partition coefficient (Wildman–Crippen LogP) is 2.02. The maximum atomic E-state index is 10.1. The molecule has 0 saturated heterocycles. The smallest absolute Gasteiger partial charge is 0.158 e. The van der Waals surface area contributed by atoms with Gasteiger partial charge in [-0.1, -0.05) is 18.2 Å². The standard InChI is InChI=1S/C16H17N3O3/c1-2-22-16(21)10-11-7-8-15(20)14(9-11)19-17-12-5-3-4-6-13(12)18-19/h3-9,16,20-21H,2,10H2,1H3. The molecule has 6 nitrogen and oxygen atoms in total. The monoisotopic (exact) mass is 299 g/mol. The van der Waals surface area contributed by atoms with Crippen LogP contribution in [0.15, 0.2) is 42.5 Å². The molecule has 0 bridgehead atoms. The molecule has 6 heteroatoms. The van der Waals surface area contributed by atoms with Gasteiger partial charge in [-0.2, -0.15) is 0 Å². The molecular formula is C16H17N3O3. The summed E-state index contributed by atoms with van der Waals surface area (Å²) in [6.07, 6.45) is -0.533. The zero-order chi connectivity index (χ0) is 15.5. The van der Waals surface area contributed by atoms with Crippen molar-refractivity contribution >= 4 is 11.0 Å². The van der Waals surface area contributed by atoms with Crippen LogP contribution in [0.1, 0.15) is 12.5 Å². The summed E-state index contributed by atoms with van der Waals surface area (Å²) in [4.78, 5) is 1.40. The summed E-state index contributed by atoms with van der Waals surface area (Å²) in [5, 5.41) is 28.5. The van der Waals surface area contributed by atoms with Gasteiger partial charge in [0.25, 0.3) is 0 Å². The summed E-state index contributed by atoms with van der Waals surface area (Å²) >= 11 is 0. The molecule has 0 amide bonds. The third-order valence-electron chi connectivity index (χ3n) is 3.31. The van der Waals surface area contributed by atoms with Gasteiger partial charge in [0, 0.05) is 13.0 Å². The van der Waals surface area contributed by atoms with Crippen molar-refractivity contribution in [2.75, 3.05) is 6.61 Å². The molecule has 1 heterocycles. The van der Waals surface area contributed by atoms with Crippen LogP contribution >= 0.6 is 0 Å². The molecule has 0 saturated carbocycles. The molecule has 114 valence electrons. The number of hydrogen-bond donors (Lipinski definition) is 2. The molecule has 0 aliphatic rings. The first-order valence-corrected chi connectivity index (χ1v) is 7.11. The first-order valence-electron chi connectivity index (χ1n) is 7.11. The second-order valence-electron chi connectivity index (χ2n) is 4.92. The van der Waals surface area contributed by atoms with Gasteiger partial charge in [-0.15, -0.1) is 15.0 Å². The van der Waals surface area contributed by atoms with E-state index in [2.05, 4.69) is 10.2 Å². The Labute approximate surface area is 127 Å². The molecule has 1 unspecified atom stereocenters. The number of ether oxygens (including phenoxy) is 1. The number of aromatic hydroxyl groups is 1. The van der Waals surface area contributed by atoms with Crippen LogP contribution in [-0.4, -0.2) is 38.1 Å². The fourth-order valence-electron chi connectivity index (χ4n) is 2.28. The minimum absolute atomic E-state index is 0.0787. The first-order chi connectivity index (χ1) is 10.7. The minimum atomic E-state index is -0.868. The van der Waals surface area contributed by atoms with Crippen molar-refractivity contribution in [1.29, 1.82) is 0 Å². The summed E-state index contributed by atoms with van der Waals surface area (Å²) in [5.41, 5.74) is 2.80. The highest BCUT2D eigenvalue weighted by atomic mass is 16.6. The van der Waals surface area contributed by atoms with Crippen molar-refractivity contribution in [3.63, 3.8) is 0 Å². The van der Waals surface area contributed by atoms with Gasteiger partial charge in [-0.05, 0) is 36.8 Å². The van der Waals surface area contributed by atoms with E-state index >= 15 is 0 Å². The average Bonchev–Trinajstić information content (AvgIpc) is 2.93. The maximum Gasteiger partial charge on any atom is 0.158 e. The van der Waals surface area contributed by atoms with Crippen LogP contribution in [0.2, 0.25) is 0 Å². The number of hydrogen-bond acceptors (Lipinski definition) is 5. The second-order valence-corrected chi connectivity index (χ2v) is 4.92. The number of nitrogens with zero attached hydrogens (tertiary/aromatic N) is 3. The third-order valence-corrected chi connectivity index (χ3v) is 3.31. The van der Waals surface area contributed by atoms with Crippen LogP contribution in [0.5, 0.6) is 5.75 Å². The van der Waals surface area contributed by atoms with Crippen molar-refractivity contribution in [2.45, 2.75) is 19.6 Å². The zero-order valence-electron chi connectivity index (χ0n) is 12.2. The topological polar surface area (TPSA) is 80.4 Å². The van der Waals surface area contributed by atoms with Crippen LogP contribution in [0.4, 0.5) is 0 Å². The lowest BCUT2D eigenvalue weighted by atomic mass is 10.1. The molecule has 3 aromatic rings. The van der Waals surface area contributed by atoms with Crippen LogP contribution in [-0.2, 0) is 11.2 Å². The molecule has 0 fully saturated rings. The maximum absolute atomic E-state index is 10.1. The Balaban J connectivity index is 1.95. The minimum Gasteiger partial charge on any atom is -0.506 e. The van der Waals surface area contributed by atoms with Gasteiger partial charge in [0.15, 0.2) is 6.29 Å². The average molecular weight is 299 g/mol. The Bertz CT molecular complexity index is 752. The number of rotatable bonds is 5. The van der Waals surface area contributed by atoms with Crippen molar-refractivity contribution in [3.05, 3.63) is 48.0 Å². The Morgan fingerprint density at radius 3 is 2.45 bits per heavy atom. The second kappa shape index (κ2) is 6.13. The fourth-order valence-corrected chi connectivity index (χ4v) is 2.28. The molecule has 0 aliphatic heterocycles. The summed E-state index contributed by atoms with van der Waals surface area (Å²) in [6, 6.07) is 12.5. The van der Waals surface area contributed by atoms with Gasteiger partial charge >= 0.3 is 0 Å². The Kier molecular flexibility index (Phi) is 4.04. The van der Waals surface area contributed by atoms with Crippen LogP contribution < -0.4 is 0 Å². The van der Waals surface area contributed by atoms with Crippen LogP contribution in [0.25, 0.3) is 16.7 Å². The van der Waals surface area contributed by atoms with E-state index in [1.807, 2.05) is 31.2 Å². The largest absolute Gasteiger partial charge is 0.506 e. The molecule has 3 rings (SSSR count). The number of fused-ring (bicyclic) bond motifs is 1. The molecular weight excluding hydrogens is 282 g/mol. The lowest BCUT2D eigenvalue weighted by molar-refractivity contribution is -0.0927. The number of aliphatic hydroxyl groups excluding tert-OH is 1. The Hall–Kier alpha value is -2.44. The lowest BCUT2D eigenvalue weighted by Gasteiger charge is -2.11. The Morgan fingerprint density at radius 1 is 1.14 bits per heavy atom. The van der Waals surface area contributed by atoms with E-state index in [-0.39, 0.29) is 5.75 Å². The van der Waals surface area contributed by atoms with Crippen molar-refractivity contribution in [1.82, 2.24) is 15.0 Å². The SMILES string of the molecule is CCOC(O)Cc1ccc(O)c(-n2nc3ccccc3n2)c1. The van der Waals surface area contributed by atoms with Crippen LogP contribution in [0, 0.1) is 0 Å². The molecule has 2 aromatic carbocycles. The predicted molar refractivity (Wildman–Crippen MR) is 81.9 cm³/mol. The quantitative estimate of drug-likeness (QED) is 0.705. The van der Waals surface area contributed by atoms with Crippen molar-refractivity contribution in [2.24, 2.45) is 0 Å². The van der Waals surface area contributed by atoms with E-state index in [1.54, 1.807) is 18.2 Å². The number of aliphatic hydroxyl groups is 1. The highest BCUT2D eigenvalue weighted by Gasteiger charge is 2.12.